The molecule has 0 spiro atoms. The van der Waals surface area contributed by atoms with E-state index in [0.717, 1.165) is 17.0 Å². The molecule has 1 nitrogen and oxygen atoms in total. The van der Waals surface area contributed by atoms with Gasteiger partial charge in [-0.25, -0.2) is 0 Å². The zero-order valence-electron chi connectivity index (χ0n) is 7.18. The standard InChI is InChI=1S/C11H10ClN/c1-2-4-8-7-13-11-9(8)5-3-6-10(11)12/h2-3,5-7,13H,1,4H2. The summed E-state index contributed by atoms with van der Waals surface area (Å²) >= 11 is 6.01. The van der Waals surface area contributed by atoms with Crippen molar-refractivity contribution in [2.45, 2.75) is 6.42 Å². The van der Waals surface area contributed by atoms with Gasteiger partial charge in [0.25, 0.3) is 0 Å². The molecule has 0 atom stereocenters. The minimum absolute atomic E-state index is 0.771. The number of allylic oxidation sites excluding steroid dienone is 1. The van der Waals surface area contributed by atoms with Crippen molar-refractivity contribution in [3.63, 3.8) is 0 Å². The van der Waals surface area contributed by atoms with Gasteiger partial charge in [-0.1, -0.05) is 29.8 Å². The van der Waals surface area contributed by atoms with Gasteiger partial charge in [-0.15, -0.1) is 6.58 Å². The van der Waals surface area contributed by atoms with Crippen LogP contribution in [0.5, 0.6) is 0 Å². The molecule has 1 aromatic heterocycles. The smallest absolute Gasteiger partial charge is 0.0647 e. The largest absolute Gasteiger partial charge is 0.360 e. The normalized spacial score (nSPS) is 10.5. The Hall–Kier alpha value is -1.21. The molecule has 1 heterocycles. The van der Waals surface area contributed by atoms with Crippen LogP contribution in [-0.2, 0) is 6.42 Å². The second kappa shape index (κ2) is 3.27. The molecule has 0 unspecified atom stereocenters. The number of halogens is 1. The highest BCUT2D eigenvalue weighted by molar-refractivity contribution is 6.35. The summed E-state index contributed by atoms with van der Waals surface area (Å²) in [6.07, 6.45) is 4.75. The van der Waals surface area contributed by atoms with Crippen LogP contribution >= 0.6 is 11.6 Å². The molecule has 0 fully saturated rings. The van der Waals surface area contributed by atoms with E-state index < -0.39 is 0 Å². The van der Waals surface area contributed by atoms with Crippen molar-refractivity contribution in [1.82, 2.24) is 4.98 Å². The summed E-state index contributed by atoms with van der Waals surface area (Å²) in [6.45, 7) is 3.72. The van der Waals surface area contributed by atoms with E-state index in [1.807, 2.05) is 24.4 Å². The molecule has 0 aliphatic rings. The molecular formula is C11H10ClN. The van der Waals surface area contributed by atoms with E-state index in [0.29, 0.717) is 0 Å². The Morgan fingerprint density at radius 2 is 2.31 bits per heavy atom. The fraction of sp³-hybridized carbons (Fsp3) is 0.0909. The van der Waals surface area contributed by atoms with Gasteiger partial charge in [0.2, 0.25) is 0 Å². The van der Waals surface area contributed by atoms with Crippen LogP contribution in [0.1, 0.15) is 5.56 Å². The van der Waals surface area contributed by atoms with Crippen molar-refractivity contribution in [3.05, 3.63) is 47.6 Å². The summed E-state index contributed by atoms with van der Waals surface area (Å²) < 4.78 is 0. The Bertz CT molecular complexity index is 442. The van der Waals surface area contributed by atoms with Gasteiger partial charge in [0.15, 0.2) is 0 Å². The number of hydrogen-bond acceptors (Lipinski definition) is 0. The lowest BCUT2D eigenvalue weighted by Gasteiger charge is -1.94. The molecule has 2 rings (SSSR count). The van der Waals surface area contributed by atoms with Gasteiger partial charge in [0, 0.05) is 11.6 Å². The number of benzene rings is 1. The molecule has 1 aromatic carbocycles. The first-order valence-corrected chi connectivity index (χ1v) is 4.56. The van der Waals surface area contributed by atoms with Gasteiger partial charge in [-0.3, -0.25) is 0 Å². The second-order valence-electron chi connectivity index (χ2n) is 2.97. The fourth-order valence-corrected chi connectivity index (χ4v) is 1.73. The predicted octanol–water partition coefficient (Wildman–Crippen LogP) is 3.55. The number of aromatic nitrogens is 1. The van der Waals surface area contributed by atoms with E-state index in [1.165, 1.54) is 10.9 Å². The monoisotopic (exact) mass is 191 g/mol. The summed E-state index contributed by atoms with van der Waals surface area (Å²) in [5, 5.41) is 1.96. The molecule has 2 aromatic rings. The lowest BCUT2D eigenvalue weighted by molar-refractivity contribution is 1.29. The van der Waals surface area contributed by atoms with Gasteiger partial charge in [-0.05, 0) is 18.1 Å². The van der Waals surface area contributed by atoms with Crippen LogP contribution < -0.4 is 0 Å². The zero-order chi connectivity index (χ0) is 9.26. The molecule has 13 heavy (non-hydrogen) atoms. The Morgan fingerprint density at radius 1 is 1.46 bits per heavy atom. The third kappa shape index (κ3) is 1.36. The third-order valence-corrected chi connectivity index (χ3v) is 2.43. The second-order valence-corrected chi connectivity index (χ2v) is 3.38. The third-order valence-electron chi connectivity index (χ3n) is 2.11. The number of fused-ring (bicyclic) bond motifs is 1. The highest BCUT2D eigenvalue weighted by Gasteiger charge is 2.03. The SMILES string of the molecule is C=CCc1c[nH]c2c(Cl)cccc12. The van der Waals surface area contributed by atoms with Crippen molar-refractivity contribution in [1.29, 1.82) is 0 Å². The predicted molar refractivity (Wildman–Crippen MR) is 57.2 cm³/mol. The molecule has 0 radical (unpaired) electrons. The minimum atomic E-state index is 0.771. The van der Waals surface area contributed by atoms with Gasteiger partial charge in [0.05, 0.1) is 10.5 Å². The molecule has 66 valence electrons. The Morgan fingerprint density at radius 3 is 3.08 bits per heavy atom. The first kappa shape index (κ1) is 8.39. The number of para-hydroxylation sites is 1. The van der Waals surface area contributed by atoms with E-state index in [1.54, 1.807) is 0 Å². The van der Waals surface area contributed by atoms with Crippen LogP contribution in [0.3, 0.4) is 0 Å². The average molecular weight is 192 g/mol. The van der Waals surface area contributed by atoms with Gasteiger partial charge >= 0.3 is 0 Å². The van der Waals surface area contributed by atoms with Crippen molar-refractivity contribution >= 4 is 22.5 Å². The fourth-order valence-electron chi connectivity index (χ4n) is 1.50. The number of aromatic amines is 1. The Labute approximate surface area is 82.0 Å². The van der Waals surface area contributed by atoms with Crippen LogP contribution in [0.25, 0.3) is 10.9 Å². The maximum Gasteiger partial charge on any atom is 0.0647 e. The van der Waals surface area contributed by atoms with E-state index in [4.69, 9.17) is 11.6 Å². The minimum Gasteiger partial charge on any atom is -0.360 e. The molecule has 2 heteroatoms. The van der Waals surface area contributed by atoms with E-state index in [-0.39, 0.29) is 0 Å². The van der Waals surface area contributed by atoms with Crippen LogP contribution in [0.2, 0.25) is 5.02 Å². The van der Waals surface area contributed by atoms with E-state index >= 15 is 0 Å². The van der Waals surface area contributed by atoms with Gasteiger partial charge in [-0.2, -0.15) is 0 Å². The Kier molecular flexibility index (Phi) is 2.11. The number of H-pyrrole nitrogens is 1. The van der Waals surface area contributed by atoms with Crippen LogP contribution in [0.4, 0.5) is 0 Å². The lowest BCUT2D eigenvalue weighted by Crippen LogP contribution is -1.75. The number of hydrogen-bond donors (Lipinski definition) is 1. The van der Waals surface area contributed by atoms with Crippen LogP contribution in [0.15, 0.2) is 37.1 Å². The summed E-state index contributed by atoms with van der Waals surface area (Å²) in [5.41, 5.74) is 2.26. The zero-order valence-corrected chi connectivity index (χ0v) is 7.93. The molecule has 0 saturated heterocycles. The maximum atomic E-state index is 6.01. The summed E-state index contributed by atoms with van der Waals surface area (Å²) in [7, 11) is 0. The molecule has 0 bridgehead atoms. The molecule has 0 saturated carbocycles. The lowest BCUT2D eigenvalue weighted by atomic mass is 10.1. The van der Waals surface area contributed by atoms with Gasteiger partial charge < -0.3 is 4.98 Å². The number of rotatable bonds is 2. The average Bonchev–Trinajstić information content (AvgIpc) is 2.51. The van der Waals surface area contributed by atoms with E-state index in [9.17, 15) is 0 Å². The summed E-state index contributed by atoms with van der Waals surface area (Å²) in [5.74, 6) is 0. The quantitative estimate of drug-likeness (QED) is 0.699. The number of nitrogens with one attached hydrogen (secondary N) is 1. The summed E-state index contributed by atoms with van der Waals surface area (Å²) in [6, 6.07) is 5.92. The van der Waals surface area contributed by atoms with Crippen LogP contribution in [-0.4, -0.2) is 4.98 Å². The Balaban J connectivity index is 2.67. The molecule has 0 aliphatic heterocycles. The van der Waals surface area contributed by atoms with Gasteiger partial charge in [0.1, 0.15) is 0 Å². The van der Waals surface area contributed by atoms with E-state index in [2.05, 4.69) is 17.6 Å². The maximum absolute atomic E-state index is 6.01. The molecule has 0 amide bonds. The van der Waals surface area contributed by atoms with Crippen molar-refractivity contribution < 1.29 is 0 Å². The van der Waals surface area contributed by atoms with Crippen molar-refractivity contribution in [2.24, 2.45) is 0 Å². The summed E-state index contributed by atoms with van der Waals surface area (Å²) in [4.78, 5) is 3.16. The highest BCUT2D eigenvalue weighted by Crippen LogP contribution is 2.25. The molecule has 0 aliphatic carbocycles. The first-order chi connectivity index (χ1) is 6.33. The molecule has 1 N–H and O–H groups in total. The molecular weight excluding hydrogens is 182 g/mol. The van der Waals surface area contributed by atoms with Crippen LogP contribution in [0, 0.1) is 0 Å². The topological polar surface area (TPSA) is 15.8 Å². The highest BCUT2D eigenvalue weighted by atomic mass is 35.5. The van der Waals surface area contributed by atoms with Crippen molar-refractivity contribution in [2.75, 3.05) is 0 Å². The van der Waals surface area contributed by atoms with Crippen molar-refractivity contribution in [3.8, 4) is 0 Å². The first-order valence-electron chi connectivity index (χ1n) is 4.18.